The van der Waals surface area contributed by atoms with Crippen LogP contribution in [0.25, 0.3) is 0 Å². The van der Waals surface area contributed by atoms with Gasteiger partial charge >= 0.3 is 0 Å². The van der Waals surface area contributed by atoms with E-state index in [4.69, 9.17) is 40.5 Å². The summed E-state index contributed by atoms with van der Waals surface area (Å²) in [7, 11) is 0. The smallest absolute Gasteiger partial charge is 0.0601 e. The molecule has 0 radical (unpaired) electrons. The van der Waals surface area contributed by atoms with Crippen LogP contribution in [0.2, 0.25) is 0 Å². The minimum Gasteiger partial charge on any atom is -0.403 e. The van der Waals surface area contributed by atoms with Gasteiger partial charge in [0.05, 0.1) is 15.1 Å². The Kier molecular flexibility index (Phi) is 4.62. The van der Waals surface area contributed by atoms with Crippen molar-refractivity contribution in [2.24, 2.45) is 5.73 Å². The molecular formula is C6H6Cl3N. The van der Waals surface area contributed by atoms with Crippen LogP contribution in [0.15, 0.2) is 34.0 Å². The standard InChI is InChI=1S/C6H6Cl3N/c1-4(7)6(9)2-5(8)3-10/h2-3H,1,10H2/b5-3+,6-2+. The van der Waals surface area contributed by atoms with Gasteiger partial charge in [-0.2, -0.15) is 0 Å². The van der Waals surface area contributed by atoms with Gasteiger partial charge in [0, 0.05) is 6.20 Å². The highest BCUT2D eigenvalue weighted by molar-refractivity contribution is 6.44. The van der Waals surface area contributed by atoms with Crippen LogP contribution < -0.4 is 5.73 Å². The van der Waals surface area contributed by atoms with Gasteiger partial charge in [-0.25, -0.2) is 0 Å². The second-order valence-electron chi connectivity index (χ2n) is 1.45. The summed E-state index contributed by atoms with van der Waals surface area (Å²) in [5.41, 5.74) is 5.05. The van der Waals surface area contributed by atoms with Gasteiger partial charge in [0.25, 0.3) is 0 Å². The Morgan fingerprint density at radius 1 is 1.30 bits per heavy atom. The summed E-state index contributed by atoms with van der Waals surface area (Å²) in [4.78, 5) is 0. The van der Waals surface area contributed by atoms with Gasteiger partial charge in [0.1, 0.15) is 0 Å². The molecule has 10 heavy (non-hydrogen) atoms. The first-order valence-electron chi connectivity index (χ1n) is 2.37. The Labute approximate surface area is 74.7 Å². The van der Waals surface area contributed by atoms with Crippen LogP contribution in [0.5, 0.6) is 0 Å². The number of nitrogens with two attached hydrogens (primary N) is 1. The van der Waals surface area contributed by atoms with E-state index in [1.165, 1.54) is 12.3 Å². The molecule has 0 fully saturated rings. The third-order valence-corrected chi connectivity index (χ3v) is 1.56. The van der Waals surface area contributed by atoms with E-state index in [1.54, 1.807) is 0 Å². The fraction of sp³-hybridized carbons (Fsp3) is 0. The third-order valence-electron chi connectivity index (χ3n) is 0.683. The van der Waals surface area contributed by atoms with E-state index in [0.717, 1.165) is 0 Å². The van der Waals surface area contributed by atoms with Crippen LogP contribution in [0, 0.1) is 0 Å². The zero-order valence-corrected chi connectivity index (χ0v) is 7.34. The van der Waals surface area contributed by atoms with Gasteiger partial charge in [-0.15, -0.1) is 0 Å². The average Bonchev–Trinajstić information content (AvgIpc) is 1.87. The summed E-state index contributed by atoms with van der Waals surface area (Å²) in [5.74, 6) is 0. The van der Waals surface area contributed by atoms with Gasteiger partial charge in [0.15, 0.2) is 0 Å². The van der Waals surface area contributed by atoms with E-state index in [2.05, 4.69) is 6.58 Å². The van der Waals surface area contributed by atoms with E-state index in [-0.39, 0.29) is 10.1 Å². The highest BCUT2D eigenvalue weighted by Crippen LogP contribution is 2.19. The van der Waals surface area contributed by atoms with Crippen molar-refractivity contribution < 1.29 is 0 Å². The molecule has 1 nitrogen and oxygen atoms in total. The van der Waals surface area contributed by atoms with Crippen LogP contribution in [0.4, 0.5) is 0 Å². The number of allylic oxidation sites excluding steroid dienone is 4. The Balaban J connectivity index is 4.31. The molecule has 56 valence electrons. The molecule has 0 aromatic carbocycles. The van der Waals surface area contributed by atoms with Gasteiger partial charge in [-0.3, -0.25) is 0 Å². The summed E-state index contributed by atoms with van der Waals surface area (Å²) < 4.78 is 0. The molecular weight excluding hydrogens is 192 g/mol. The highest BCUT2D eigenvalue weighted by atomic mass is 35.5. The van der Waals surface area contributed by atoms with Gasteiger partial charge < -0.3 is 5.73 Å². The SMILES string of the molecule is C=C(Cl)/C(Cl)=C\C(Cl)=C/N. The molecule has 0 spiro atoms. The molecule has 0 aliphatic rings. The molecule has 0 aromatic rings. The van der Waals surface area contributed by atoms with E-state index in [9.17, 15) is 0 Å². The second kappa shape index (κ2) is 4.67. The first-order chi connectivity index (χ1) is 4.57. The van der Waals surface area contributed by atoms with E-state index in [0.29, 0.717) is 5.03 Å². The van der Waals surface area contributed by atoms with Crippen molar-refractivity contribution in [3.05, 3.63) is 34.0 Å². The Morgan fingerprint density at radius 3 is 2.10 bits per heavy atom. The minimum absolute atomic E-state index is 0.238. The molecule has 0 aliphatic carbocycles. The number of hydrogen-bond donors (Lipinski definition) is 1. The summed E-state index contributed by atoms with van der Waals surface area (Å²) in [6.07, 6.45) is 2.63. The van der Waals surface area contributed by atoms with Gasteiger partial charge in [-0.1, -0.05) is 41.4 Å². The fourth-order valence-corrected chi connectivity index (χ4v) is 0.585. The monoisotopic (exact) mass is 197 g/mol. The maximum absolute atomic E-state index is 5.54. The van der Waals surface area contributed by atoms with Gasteiger partial charge in [-0.05, 0) is 6.08 Å². The van der Waals surface area contributed by atoms with Crippen molar-refractivity contribution in [1.82, 2.24) is 0 Å². The molecule has 0 amide bonds. The maximum atomic E-state index is 5.54. The van der Waals surface area contributed by atoms with Gasteiger partial charge in [0.2, 0.25) is 0 Å². The zero-order valence-electron chi connectivity index (χ0n) is 5.07. The predicted octanol–water partition coefficient (Wildman–Crippen LogP) is 2.90. The lowest BCUT2D eigenvalue weighted by atomic mass is 10.4. The maximum Gasteiger partial charge on any atom is 0.0601 e. The lowest BCUT2D eigenvalue weighted by Crippen LogP contribution is -1.79. The number of halogens is 3. The molecule has 0 saturated carbocycles. The predicted molar refractivity (Wildman–Crippen MR) is 47.1 cm³/mol. The van der Waals surface area contributed by atoms with E-state index >= 15 is 0 Å². The van der Waals surface area contributed by atoms with E-state index in [1.807, 2.05) is 0 Å². The quantitative estimate of drug-likeness (QED) is 0.679. The topological polar surface area (TPSA) is 26.0 Å². The number of rotatable bonds is 2. The lowest BCUT2D eigenvalue weighted by Gasteiger charge is -1.91. The Bertz CT molecular complexity index is 193. The average molecular weight is 198 g/mol. The van der Waals surface area contributed by atoms with Crippen molar-refractivity contribution >= 4 is 34.8 Å². The Morgan fingerprint density at radius 2 is 1.80 bits per heavy atom. The van der Waals surface area contributed by atoms with Crippen molar-refractivity contribution in [2.75, 3.05) is 0 Å². The first kappa shape index (κ1) is 9.89. The molecule has 0 unspecified atom stereocenters. The normalized spacial score (nSPS) is 13.5. The largest absolute Gasteiger partial charge is 0.403 e. The summed E-state index contributed by atoms with van der Waals surface area (Å²) in [6.45, 7) is 3.38. The zero-order chi connectivity index (χ0) is 8.15. The minimum atomic E-state index is 0.238. The summed E-state index contributed by atoms with van der Waals surface area (Å²) in [6, 6.07) is 0. The third kappa shape index (κ3) is 3.83. The number of hydrogen-bond acceptors (Lipinski definition) is 1. The van der Waals surface area contributed by atoms with Crippen LogP contribution in [-0.4, -0.2) is 0 Å². The molecule has 4 heteroatoms. The second-order valence-corrected chi connectivity index (χ2v) is 2.75. The molecule has 0 bridgehead atoms. The van der Waals surface area contributed by atoms with Crippen LogP contribution in [0.3, 0.4) is 0 Å². The first-order valence-corrected chi connectivity index (χ1v) is 3.50. The molecule has 0 saturated heterocycles. The summed E-state index contributed by atoms with van der Waals surface area (Å²) in [5, 5.41) is 0.849. The summed E-state index contributed by atoms with van der Waals surface area (Å²) >= 11 is 16.4. The molecule has 2 N–H and O–H groups in total. The molecule has 0 aliphatic heterocycles. The fourth-order valence-electron chi connectivity index (χ4n) is 0.247. The molecule has 0 aromatic heterocycles. The van der Waals surface area contributed by atoms with Crippen molar-refractivity contribution in [2.45, 2.75) is 0 Å². The van der Waals surface area contributed by atoms with Crippen molar-refractivity contribution in [3.8, 4) is 0 Å². The van der Waals surface area contributed by atoms with Crippen molar-refractivity contribution in [1.29, 1.82) is 0 Å². The van der Waals surface area contributed by atoms with Crippen molar-refractivity contribution in [3.63, 3.8) is 0 Å². The highest BCUT2D eigenvalue weighted by Gasteiger charge is 1.94. The molecule has 0 atom stereocenters. The van der Waals surface area contributed by atoms with Crippen LogP contribution in [-0.2, 0) is 0 Å². The molecule has 0 rings (SSSR count). The lowest BCUT2D eigenvalue weighted by molar-refractivity contribution is 1.57. The Hall–Kier alpha value is -0.110. The molecule has 0 heterocycles. The van der Waals surface area contributed by atoms with Crippen LogP contribution >= 0.6 is 34.8 Å². The van der Waals surface area contributed by atoms with E-state index < -0.39 is 0 Å². The van der Waals surface area contributed by atoms with Crippen LogP contribution in [0.1, 0.15) is 0 Å².